The topological polar surface area (TPSA) is 78.7 Å². The van der Waals surface area contributed by atoms with Crippen molar-refractivity contribution in [3.05, 3.63) is 45.4 Å². The number of nitrogens with zero attached hydrogens (tertiary/aromatic N) is 3. The van der Waals surface area contributed by atoms with Crippen LogP contribution in [0.2, 0.25) is 0 Å². The molecule has 1 aromatic heterocycles. The SMILES string of the molecule is O=c1c[n+](-c2ccccc2Br)[n-]o1.[N]. The summed E-state index contributed by atoms with van der Waals surface area (Å²) in [6, 6.07) is 7.42. The van der Waals surface area contributed by atoms with Gasteiger partial charge in [0, 0.05) is 12.2 Å². The Balaban J connectivity index is 0.000000980. The van der Waals surface area contributed by atoms with Gasteiger partial charge in [0.15, 0.2) is 0 Å². The Morgan fingerprint density at radius 3 is 2.64 bits per heavy atom. The number of halogens is 1. The normalized spacial score (nSPS) is 9.50. The Labute approximate surface area is 88.0 Å². The minimum absolute atomic E-state index is 0. The van der Waals surface area contributed by atoms with Gasteiger partial charge in [-0.15, -0.1) is 0 Å². The summed E-state index contributed by atoms with van der Waals surface area (Å²) >= 11 is 3.34. The molecule has 1 heterocycles. The molecule has 0 aliphatic rings. The van der Waals surface area contributed by atoms with Gasteiger partial charge in [0.1, 0.15) is 0 Å². The van der Waals surface area contributed by atoms with Gasteiger partial charge in [-0.05, 0) is 22.0 Å². The lowest BCUT2D eigenvalue weighted by atomic mass is 10.3. The van der Waals surface area contributed by atoms with E-state index in [1.165, 1.54) is 10.9 Å². The first kappa shape index (κ1) is 10.7. The maximum absolute atomic E-state index is 10.7. The van der Waals surface area contributed by atoms with Gasteiger partial charge in [-0.25, -0.2) is 14.7 Å². The van der Waals surface area contributed by atoms with E-state index in [1.54, 1.807) is 0 Å². The lowest BCUT2D eigenvalue weighted by molar-refractivity contribution is -0.677. The molecule has 0 spiro atoms. The number of aromatic nitrogens is 2. The van der Waals surface area contributed by atoms with Gasteiger partial charge in [0.05, 0.1) is 4.47 Å². The Hall–Kier alpha value is -1.40. The van der Waals surface area contributed by atoms with Crippen molar-refractivity contribution in [3.8, 4) is 5.69 Å². The zero-order valence-electron chi connectivity index (χ0n) is 6.92. The third-order valence-corrected chi connectivity index (χ3v) is 2.22. The molecule has 0 bridgehead atoms. The van der Waals surface area contributed by atoms with Crippen LogP contribution in [0.15, 0.2) is 44.3 Å². The molecule has 3 radical (unpaired) electrons. The van der Waals surface area contributed by atoms with Crippen LogP contribution in [0.25, 0.3) is 5.69 Å². The van der Waals surface area contributed by atoms with Crippen molar-refractivity contribution in [1.82, 2.24) is 11.4 Å². The van der Waals surface area contributed by atoms with Gasteiger partial charge >= 0.3 is 5.63 Å². The standard InChI is InChI=1S/C8H5BrN2O2.N/c9-6-3-1-2-4-7(6)11-5-8(12)13-10-11;/h1-5H;. The molecule has 0 saturated carbocycles. The number of hydrogen-bond donors (Lipinski definition) is 0. The predicted octanol–water partition coefficient (Wildman–Crippen LogP) is 0.156. The van der Waals surface area contributed by atoms with Gasteiger partial charge in [-0.2, -0.15) is 0 Å². The second kappa shape index (κ2) is 4.21. The van der Waals surface area contributed by atoms with Crippen LogP contribution in [0.4, 0.5) is 0 Å². The second-order valence-electron chi connectivity index (χ2n) is 2.42. The fourth-order valence-electron chi connectivity index (χ4n) is 0.982. The highest BCUT2D eigenvalue weighted by Gasteiger charge is 2.06. The molecule has 1 aromatic carbocycles. The molecule has 0 amide bonds. The Morgan fingerprint density at radius 2 is 2.07 bits per heavy atom. The molecule has 2 rings (SSSR count). The van der Waals surface area contributed by atoms with E-state index in [9.17, 15) is 4.79 Å². The van der Waals surface area contributed by atoms with Crippen molar-refractivity contribution in [3.63, 3.8) is 0 Å². The summed E-state index contributed by atoms with van der Waals surface area (Å²) < 4.78 is 6.65. The highest BCUT2D eigenvalue weighted by molar-refractivity contribution is 9.10. The van der Waals surface area contributed by atoms with E-state index in [0.717, 1.165) is 10.2 Å². The van der Waals surface area contributed by atoms with E-state index in [-0.39, 0.29) is 6.15 Å². The molecule has 6 heteroatoms. The van der Waals surface area contributed by atoms with Crippen molar-refractivity contribution in [2.75, 3.05) is 0 Å². The molecular weight excluding hydrogens is 250 g/mol. The van der Waals surface area contributed by atoms with E-state index in [1.807, 2.05) is 24.3 Å². The zero-order chi connectivity index (χ0) is 9.26. The van der Waals surface area contributed by atoms with Crippen LogP contribution in [0.3, 0.4) is 0 Å². The number of para-hydroxylation sites is 1. The molecule has 2 aromatic rings. The smallest absolute Gasteiger partial charge is 0.389 e. The van der Waals surface area contributed by atoms with Gasteiger partial charge in [0.25, 0.3) is 6.20 Å². The second-order valence-corrected chi connectivity index (χ2v) is 3.27. The first-order valence-corrected chi connectivity index (χ1v) is 4.37. The third-order valence-electron chi connectivity index (χ3n) is 1.55. The van der Waals surface area contributed by atoms with E-state index in [4.69, 9.17) is 0 Å². The summed E-state index contributed by atoms with van der Waals surface area (Å²) in [5.74, 6) is 0. The highest BCUT2D eigenvalue weighted by atomic mass is 79.9. The van der Waals surface area contributed by atoms with E-state index < -0.39 is 5.63 Å². The van der Waals surface area contributed by atoms with Crippen LogP contribution < -0.4 is 21.7 Å². The molecule has 0 aliphatic heterocycles. The number of hydrogen-bond acceptors (Lipinski definition) is 2. The molecule has 0 unspecified atom stereocenters. The van der Waals surface area contributed by atoms with Crippen molar-refractivity contribution in [2.24, 2.45) is 0 Å². The molecule has 0 fully saturated rings. The third kappa shape index (κ3) is 1.91. The fourth-order valence-corrected chi connectivity index (χ4v) is 1.45. The molecule has 0 aliphatic carbocycles. The number of benzene rings is 1. The van der Waals surface area contributed by atoms with E-state index in [0.29, 0.717) is 0 Å². The van der Waals surface area contributed by atoms with Crippen molar-refractivity contribution < 1.29 is 9.20 Å². The predicted molar refractivity (Wildman–Crippen MR) is 49.7 cm³/mol. The summed E-state index contributed by atoms with van der Waals surface area (Å²) in [4.78, 5) is 10.7. The molecule has 71 valence electrons. The minimum atomic E-state index is -0.462. The molecule has 5 nitrogen and oxygen atoms in total. The maximum atomic E-state index is 10.7. The van der Waals surface area contributed by atoms with Crippen molar-refractivity contribution >= 4 is 15.9 Å². The van der Waals surface area contributed by atoms with Crippen LogP contribution >= 0.6 is 15.9 Å². The van der Waals surface area contributed by atoms with Gasteiger partial charge in [-0.1, -0.05) is 12.1 Å². The summed E-state index contributed by atoms with van der Waals surface area (Å²) in [5, 5.41) is 3.55. The maximum Gasteiger partial charge on any atom is 0.389 e. The zero-order valence-corrected chi connectivity index (χ0v) is 8.51. The average Bonchev–Trinajstić information content (AvgIpc) is 2.53. The highest BCUT2D eigenvalue weighted by Crippen LogP contribution is 2.14. The summed E-state index contributed by atoms with van der Waals surface area (Å²) in [5.41, 5.74) is 0.309. The Bertz CT molecular complexity index is 477. The van der Waals surface area contributed by atoms with E-state index >= 15 is 0 Å². The summed E-state index contributed by atoms with van der Waals surface area (Å²) in [7, 11) is 0. The van der Waals surface area contributed by atoms with Crippen LogP contribution in [-0.4, -0.2) is 0 Å². The molecule has 0 atom stereocenters. The van der Waals surface area contributed by atoms with Gasteiger partial charge in [-0.3, -0.25) is 0 Å². The molecule has 0 saturated heterocycles. The first-order valence-electron chi connectivity index (χ1n) is 3.58. The van der Waals surface area contributed by atoms with Crippen LogP contribution in [0, 0.1) is 0 Å². The quantitative estimate of drug-likeness (QED) is 0.680. The lowest BCUT2D eigenvalue weighted by Gasteiger charge is -1.97. The Morgan fingerprint density at radius 1 is 1.36 bits per heavy atom. The van der Waals surface area contributed by atoms with Gasteiger partial charge < -0.3 is 4.52 Å². The average molecular weight is 255 g/mol. The van der Waals surface area contributed by atoms with Crippen LogP contribution in [0.5, 0.6) is 0 Å². The first-order chi connectivity index (χ1) is 6.27. The van der Waals surface area contributed by atoms with Gasteiger partial charge in [0.2, 0.25) is 5.69 Å². The lowest BCUT2D eigenvalue weighted by Crippen LogP contribution is -2.34. The van der Waals surface area contributed by atoms with Crippen molar-refractivity contribution in [2.45, 2.75) is 0 Å². The summed E-state index contributed by atoms with van der Waals surface area (Å²) in [6.45, 7) is 0. The largest absolute Gasteiger partial charge is 0.471 e. The minimum Gasteiger partial charge on any atom is -0.471 e. The number of rotatable bonds is 1. The van der Waals surface area contributed by atoms with Crippen LogP contribution in [0.1, 0.15) is 0 Å². The monoisotopic (exact) mass is 254 g/mol. The summed E-state index contributed by atoms with van der Waals surface area (Å²) in [6.07, 6.45) is 1.28. The molecule has 14 heavy (non-hydrogen) atoms. The van der Waals surface area contributed by atoms with E-state index in [2.05, 4.69) is 25.7 Å². The fraction of sp³-hybridized carbons (Fsp3) is 0. The molecule has 0 N–H and O–H groups in total. The Kier molecular flexibility index (Phi) is 3.21. The van der Waals surface area contributed by atoms with Crippen molar-refractivity contribution in [1.29, 1.82) is 0 Å². The molecular formula is C8H5BrN3O2. The van der Waals surface area contributed by atoms with Crippen LogP contribution in [-0.2, 0) is 0 Å².